The van der Waals surface area contributed by atoms with Gasteiger partial charge in [0.25, 0.3) is 0 Å². The number of rotatable bonds is 3. The van der Waals surface area contributed by atoms with E-state index in [9.17, 15) is 13.2 Å². The molecule has 0 atom stereocenters. The third-order valence-corrected chi connectivity index (χ3v) is 6.25. The highest BCUT2D eigenvalue weighted by molar-refractivity contribution is 7.89. The molecule has 3 rings (SSSR count). The molecule has 1 aromatic rings. The van der Waals surface area contributed by atoms with E-state index >= 15 is 0 Å². The SMILES string of the molecule is CC(=O)N1CCc2cc(S(=O)(=O)NC3CCC(N)CC3)ccc21. The molecule has 6 nitrogen and oxygen atoms in total. The second-order valence-corrected chi connectivity index (χ2v) is 8.16. The van der Waals surface area contributed by atoms with Gasteiger partial charge in [-0.1, -0.05) is 0 Å². The summed E-state index contributed by atoms with van der Waals surface area (Å²) < 4.78 is 27.9. The fourth-order valence-corrected chi connectivity index (χ4v) is 4.75. The number of fused-ring (bicyclic) bond motifs is 1. The van der Waals surface area contributed by atoms with E-state index in [1.54, 1.807) is 23.1 Å². The molecule has 0 aromatic heterocycles. The van der Waals surface area contributed by atoms with Gasteiger partial charge in [-0.15, -0.1) is 0 Å². The third-order valence-electron chi connectivity index (χ3n) is 4.73. The molecule has 0 radical (unpaired) electrons. The second-order valence-electron chi connectivity index (χ2n) is 6.44. The quantitative estimate of drug-likeness (QED) is 0.865. The molecule has 0 unspecified atom stereocenters. The van der Waals surface area contributed by atoms with Crippen molar-refractivity contribution in [1.29, 1.82) is 0 Å². The van der Waals surface area contributed by atoms with Gasteiger partial charge in [0.05, 0.1) is 4.90 Å². The minimum atomic E-state index is -3.53. The van der Waals surface area contributed by atoms with Crippen LogP contribution in [-0.4, -0.2) is 33.0 Å². The molecule has 1 aliphatic carbocycles. The van der Waals surface area contributed by atoms with Gasteiger partial charge >= 0.3 is 0 Å². The van der Waals surface area contributed by atoms with Gasteiger partial charge in [0, 0.05) is 31.2 Å². The topological polar surface area (TPSA) is 92.5 Å². The lowest BCUT2D eigenvalue weighted by Gasteiger charge is -2.26. The molecular weight excluding hydrogens is 314 g/mol. The summed E-state index contributed by atoms with van der Waals surface area (Å²) in [6.07, 6.45) is 3.96. The second kappa shape index (κ2) is 6.22. The van der Waals surface area contributed by atoms with Crippen molar-refractivity contribution >= 4 is 21.6 Å². The van der Waals surface area contributed by atoms with Gasteiger partial charge in [-0.2, -0.15) is 0 Å². The first-order valence-electron chi connectivity index (χ1n) is 8.06. The Labute approximate surface area is 137 Å². The molecule has 1 heterocycles. The van der Waals surface area contributed by atoms with Gasteiger partial charge in [0.1, 0.15) is 0 Å². The first-order valence-corrected chi connectivity index (χ1v) is 9.54. The van der Waals surface area contributed by atoms with Crippen molar-refractivity contribution in [3.8, 4) is 0 Å². The molecule has 7 heteroatoms. The molecule has 1 aromatic carbocycles. The van der Waals surface area contributed by atoms with E-state index in [1.165, 1.54) is 6.92 Å². The Morgan fingerprint density at radius 2 is 1.96 bits per heavy atom. The molecule has 1 fully saturated rings. The van der Waals surface area contributed by atoms with Crippen molar-refractivity contribution in [1.82, 2.24) is 4.72 Å². The van der Waals surface area contributed by atoms with Gasteiger partial charge in [-0.3, -0.25) is 4.79 Å². The number of nitrogens with two attached hydrogens (primary N) is 1. The third kappa shape index (κ3) is 3.41. The van der Waals surface area contributed by atoms with Crippen molar-refractivity contribution in [3.63, 3.8) is 0 Å². The average Bonchev–Trinajstić information content (AvgIpc) is 2.92. The minimum Gasteiger partial charge on any atom is -0.328 e. The first-order chi connectivity index (χ1) is 10.9. The largest absolute Gasteiger partial charge is 0.328 e. The number of benzene rings is 1. The number of carbonyl (C=O) groups is 1. The van der Waals surface area contributed by atoms with Gasteiger partial charge in [-0.05, 0) is 55.9 Å². The summed E-state index contributed by atoms with van der Waals surface area (Å²) in [7, 11) is -3.53. The number of hydrogen-bond acceptors (Lipinski definition) is 4. The smallest absolute Gasteiger partial charge is 0.240 e. The molecule has 1 saturated carbocycles. The molecule has 1 aliphatic heterocycles. The van der Waals surface area contributed by atoms with Crippen molar-refractivity contribution < 1.29 is 13.2 Å². The van der Waals surface area contributed by atoms with Gasteiger partial charge < -0.3 is 10.6 Å². The van der Waals surface area contributed by atoms with Crippen molar-refractivity contribution in [2.24, 2.45) is 5.73 Å². The summed E-state index contributed by atoms with van der Waals surface area (Å²) in [4.78, 5) is 13.5. The van der Waals surface area contributed by atoms with Crippen molar-refractivity contribution in [3.05, 3.63) is 23.8 Å². The summed E-state index contributed by atoms with van der Waals surface area (Å²) in [6.45, 7) is 2.14. The van der Waals surface area contributed by atoms with E-state index in [0.717, 1.165) is 36.9 Å². The predicted octanol–water partition coefficient (Wildman–Crippen LogP) is 1.14. The monoisotopic (exact) mass is 337 g/mol. The van der Waals surface area contributed by atoms with Crippen molar-refractivity contribution in [2.45, 2.75) is 56.0 Å². The predicted molar refractivity (Wildman–Crippen MR) is 88.7 cm³/mol. The number of anilines is 1. The Hall–Kier alpha value is -1.44. The molecular formula is C16H23N3O3S. The van der Waals surface area contributed by atoms with Crippen molar-refractivity contribution in [2.75, 3.05) is 11.4 Å². The van der Waals surface area contributed by atoms with Crippen LogP contribution in [0.1, 0.15) is 38.2 Å². The van der Waals surface area contributed by atoms with E-state index < -0.39 is 10.0 Å². The Balaban J connectivity index is 1.77. The number of hydrogen-bond donors (Lipinski definition) is 2. The Bertz CT molecular complexity index is 709. The number of carbonyl (C=O) groups excluding carboxylic acids is 1. The fourth-order valence-electron chi connectivity index (χ4n) is 3.40. The normalized spacial score (nSPS) is 24.5. The summed E-state index contributed by atoms with van der Waals surface area (Å²) in [5.41, 5.74) is 7.59. The number of sulfonamides is 1. The van der Waals surface area contributed by atoms with Crippen LogP contribution in [0.25, 0.3) is 0 Å². The Kier molecular flexibility index (Phi) is 4.44. The standard InChI is InChI=1S/C16H23N3O3S/c1-11(20)19-9-8-12-10-15(6-7-16(12)19)23(21,22)18-14-4-2-13(17)3-5-14/h6-7,10,13-14,18H,2-5,8-9,17H2,1H3. The maximum atomic E-state index is 12.6. The van der Waals surface area contributed by atoms with Crippen LogP contribution in [0, 0.1) is 0 Å². The number of amides is 1. The first kappa shape index (κ1) is 16.4. The molecule has 1 amide bonds. The van der Waals surface area contributed by atoms with Crippen LogP contribution in [0.4, 0.5) is 5.69 Å². The maximum absolute atomic E-state index is 12.6. The zero-order valence-electron chi connectivity index (χ0n) is 13.3. The minimum absolute atomic E-state index is 0.0176. The van der Waals surface area contributed by atoms with Gasteiger partial charge in [0.2, 0.25) is 15.9 Å². The zero-order chi connectivity index (χ0) is 16.6. The summed E-state index contributed by atoms with van der Waals surface area (Å²) in [6, 6.07) is 5.15. The molecule has 0 saturated heterocycles. The van der Waals surface area contributed by atoms with Crippen LogP contribution in [0.5, 0.6) is 0 Å². The van der Waals surface area contributed by atoms with E-state index in [0.29, 0.717) is 13.0 Å². The average molecular weight is 337 g/mol. The lowest BCUT2D eigenvalue weighted by atomic mass is 9.93. The molecule has 3 N–H and O–H groups in total. The number of nitrogens with zero attached hydrogens (tertiary/aromatic N) is 1. The van der Waals surface area contributed by atoms with Crippen LogP contribution < -0.4 is 15.4 Å². The van der Waals surface area contributed by atoms with Crippen LogP contribution in [0.15, 0.2) is 23.1 Å². The Morgan fingerprint density at radius 1 is 1.26 bits per heavy atom. The van der Waals surface area contributed by atoms with E-state index in [1.807, 2.05) is 0 Å². The molecule has 126 valence electrons. The highest BCUT2D eigenvalue weighted by atomic mass is 32.2. The Morgan fingerprint density at radius 3 is 2.61 bits per heavy atom. The van der Waals surface area contributed by atoms with Crippen LogP contribution >= 0.6 is 0 Å². The summed E-state index contributed by atoms with van der Waals surface area (Å²) in [5.74, 6) is -0.0176. The summed E-state index contributed by atoms with van der Waals surface area (Å²) >= 11 is 0. The highest BCUT2D eigenvalue weighted by Gasteiger charge is 2.27. The van der Waals surface area contributed by atoms with Crippen LogP contribution in [0.3, 0.4) is 0 Å². The lowest BCUT2D eigenvalue weighted by molar-refractivity contribution is -0.116. The fraction of sp³-hybridized carbons (Fsp3) is 0.562. The van der Waals surface area contributed by atoms with Gasteiger partial charge in [0.15, 0.2) is 0 Å². The molecule has 2 aliphatic rings. The molecule has 23 heavy (non-hydrogen) atoms. The lowest BCUT2D eigenvalue weighted by Crippen LogP contribution is -2.40. The van der Waals surface area contributed by atoms with Crippen LogP contribution in [0.2, 0.25) is 0 Å². The van der Waals surface area contributed by atoms with E-state index in [-0.39, 0.29) is 22.9 Å². The van der Waals surface area contributed by atoms with E-state index in [2.05, 4.69) is 4.72 Å². The van der Waals surface area contributed by atoms with Crippen LogP contribution in [-0.2, 0) is 21.2 Å². The summed E-state index contributed by atoms with van der Waals surface area (Å²) in [5, 5.41) is 0. The molecule has 0 bridgehead atoms. The maximum Gasteiger partial charge on any atom is 0.240 e. The zero-order valence-corrected chi connectivity index (χ0v) is 14.1. The highest BCUT2D eigenvalue weighted by Crippen LogP contribution is 2.30. The molecule has 0 spiro atoms. The van der Waals surface area contributed by atoms with E-state index in [4.69, 9.17) is 5.73 Å². The van der Waals surface area contributed by atoms with Gasteiger partial charge in [-0.25, -0.2) is 13.1 Å². The number of nitrogens with one attached hydrogen (secondary N) is 1.